The summed E-state index contributed by atoms with van der Waals surface area (Å²) in [5, 5.41) is 17.0. The quantitative estimate of drug-likeness (QED) is 0.458. The summed E-state index contributed by atoms with van der Waals surface area (Å²) in [4.78, 5) is 10.1. The Balaban J connectivity index is 3.80. The number of aliphatic hydroxyl groups excluding tert-OH is 1. The van der Waals surface area contributed by atoms with Crippen LogP contribution in [0.5, 0.6) is 0 Å². The number of carboxylic acid groups (broad SMARTS) is 1. The fraction of sp³-hybridized carbons (Fsp3) is 0.500. The number of hydrogen-bond donors (Lipinski definition) is 3. The molecule has 0 fully saturated rings. The van der Waals surface area contributed by atoms with E-state index in [1.54, 1.807) is 0 Å². The Morgan fingerprint density at radius 1 is 1.80 bits per heavy atom. The van der Waals surface area contributed by atoms with Crippen LogP contribution in [0.3, 0.4) is 0 Å². The van der Waals surface area contributed by atoms with Gasteiger partial charge in [0.25, 0.3) is 0 Å². The normalized spacial score (nSPS) is 15.8. The average Bonchev–Trinajstić information content (AvgIpc) is 1.87. The van der Waals surface area contributed by atoms with E-state index in [-0.39, 0.29) is 0 Å². The van der Waals surface area contributed by atoms with Gasteiger partial charge < -0.3 is 15.9 Å². The summed E-state index contributed by atoms with van der Waals surface area (Å²) in [6.07, 6.45) is 0.280. The lowest BCUT2D eigenvalue weighted by Gasteiger charge is -2.11. The van der Waals surface area contributed by atoms with Gasteiger partial charge in [0, 0.05) is 6.04 Å². The molecule has 58 valence electrons. The second-order valence-electron chi connectivity index (χ2n) is 1.97. The highest BCUT2D eigenvalue weighted by molar-refractivity contribution is 5.72. The Bertz CT molecular complexity index is 135. The predicted octanol–water partition coefficient (Wildman–Crippen LogP) is -0.665. The summed E-state index contributed by atoms with van der Waals surface area (Å²) in [5.41, 5.74) is 5.23. The molecule has 0 aliphatic rings. The lowest BCUT2D eigenvalue weighted by molar-refractivity contribution is -0.147. The van der Waals surface area contributed by atoms with Crippen molar-refractivity contribution in [3.8, 4) is 0 Å². The van der Waals surface area contributed by atoms with Crippen molar-refractivity contribution >= 4 is 5.97 Å². The highest BCUT2D eigenvalue weighted by Gasteiger charge is 2.20. The van der Waals surface area contributed by atoms with E-state index in [9.17, 15) is 4.79 Å². The lowest BCUT2D eigenvalue weighted by atomic mass is 10.1. The number of aliphatic carboxylic acids is 1. The number of aliphatic hydroxyl groups is 1. The van der Waals surface area contributed by atoms with Gasteiger partial charge in [-0.25, -0.2) is 4.79 Å². The molecule has 1 unspecified atom stereocenters. The van der Waals surface area contributed by atoms with E-state index in [1.165, 1.54) is 6.08 Å². The Kier molecular flexibility index (Phi) is 3.68. The Morgan fingerprint density at radius 2 is 2.30 bits per heavy atom. The molecule has 10 heavy (non-hydrogen) atoms. The molecular formula is C6H11NO3. The molecule has 0 rings (SSSR count). The summed E-state index contributed by atoms with van der Waals surface area (Å²) in [6.45, 7) is 3.36. The molecule has 4 heteroatoms. The minimum atomic E-state index is -1.49. The van der Waals surface area contributed by atoms with Gasteiger partial charge in [0.1, 0.15) is 0 Å². The number of hydrogen-bond acceptors (Lipinski definition) is 3. The third kappa shape index (κ3) is 2.61. The van der Waals surface area contributed by atoms with Crippen LogP contribution >= 0.6 is 0 Å². The molecule has 0 spiro atoms. The topological polar surface area (TPSA) is 83.5 Å². The monoisotopic (exact) mass is 145 g/mol. The van der Waals surface area contributed by atoms with Crippen LogP contribution < -0.4 is 5.73 Å². The minimum absolute atomic E-state index is 0.299. The van der Waals surface area contributed by atoms with Gasteiger partial charge in [-0.15, -0.1) is 6.58 Å². The van der Waals surface area contributed by atoms with E-state index in [0.717, 1.165) is 0 Å². The van der Waals surface area contributed by atoms with Gasteiger partial charge in [0.2, 0.25) is 0 Å². The van der Waals surface area contributed by atoms with Gasteiger partial charge in [-0.2, -0.15) is 0 Å². The summed E-state index contributed by atoms with van der Waals surface area (Å²) in [7, 11) is 0. The molecule has 2 atom stereocenters. The number of carboxylic acids is 1. The molecule has 4 nitrogen and oxygen atoms in total. The standard InChI is InChI=1S/C6H11NO3/c1-2-3-4(7)5(8)6(9)10/h2,4-5,8H,1,3,7H2,(H,9,10)/t4-,5?/m0/s1. The number of rotatable bonds is 4. The van der Waals surface area contributed by atoms with Crippen molar-refractivity contribution in [3.63, 3.8) is 0 Å². The smallest absolute Gasteiger partial charge is 0.334 e. The maximum atomic E-state index is 10.1. The molecule has 0 heterocycles. The SMILES string of the molecule is C=CC[C@H](N)C(O)C(=O)O. The van der Waals surface area contributed by atoms with Gasteiger partial charge in [0.15, 0.2) is 6.10 Å². The largest absolute Gasteiger partial charge is 0.479 e. The zero-order valence-electron chi connectivity index (χ0n) is 5.53. The van der Waals surface area contributed by atoms with Gasteiger partial charge in [-0.3, -0.25) is 0 Å². The first-order valence-electron chi connectivity index (χ1n) is 2.87. The maximum absolute atomic E-state index is 10.1. The third-order valence-corrected chi connectivity index (χ3v) is 1.10. The number of nitrogens with two attached hydrogens (primary N) is 1. The van der Waals surface area contributed by atoms with Crippen molar-refractivity contribution in [1.82, 2.24) is 0 Å². The Hall–Kier alpha value is -0.870. The Morgan fingerprint density at radius 3 is 2.60 bits per heavy atom. The average molecular weight is 145 g/mol. The molecule has 0 saturated carbocycles. The zero-order chi connectivity index (χ0) is 8.15. The number of carbonyl (C=O) groups is 1. The van der Waals surface area contributed by atoms with E-state index in [0.29, 0.717) is 6.42 Å². The van der Waals surface area contributed by atoms with Crippen LogP contribution in [0.4, 0.5) is 0 Å². The van der Waals surface area contributed by atoms with Gasteiger partial charge >= 0.3 is 5.97 Å². The lowest BCUT2D eigenvalue weighted by Crippen LogP contribution is -2.39. The van der Waals surface area contributed by atoms with Crippen LogP contribution in [0.25, 0.3) is 0 Å². The van der Waals surface area contributed by atoms with Crippen LogP contribution in [0.2, 0.25) is 0 Å². The third-order valence-electron chi connectivity index (χ3n) is 1.10. The molecule has 0 aliphatic carbocycles. The molecule has 4 N–H and O–H groups in total. The van der Waals surface area contributed by atoms with Crippen LogP contribution in [0.15, 0.2) is 12.7 Å². The van der Waals surface area contributed by atoms with Crippen molar-refractivity contribution in [2.24, 2.45) is 5.73 Å². The van der Waals surface area contributed by atoms with Crippen molar-refractivity contribution in [1.29, 1.82) is 0 Å². The fourth-order valence-electron chi connectivity index (χ4n) is 0.504. The fourth-order valence-corrected chi connectivity index (χ4v) is 0.504. The first kappa shape index (κ1) is 9.13. The molecule has 0 aromatic rings. The second-order valence-corrected chi connectivity index (χ2v) is 1.97. The van der Waals surface area contributed by atoms with Gasteiger partial charge in [-0.05, 0) is 6.42 Å². The first-order chi connectivity index (χ1) is 4.59. The van der Waals surface area contributed by atoms with Crippen LogP contribution in [0, 0.1) is 0 Å². The van der Waals surface area contributed by atoms with Gasteiger partial charge in [0.05, 0.1) is 0 Å². The summed E-state index contributed by atoms with van der Waals surface area (Å²) >= 11 is 0. The summed E-state index contributed by atoms with van der Waals surface area (Å²) in [6, 6.07) is -0.755. The van der Waals surface area contributed by atoms with Crippen molar-refractivity contribution in [3.05, 3.63) is 12.7 Å². The first-order valence-corrected chi connectivity index (χ1v) is 2.87. The highest BCUT2D eigenvalue weighted by Crippen LogP contribution is 1.95. The summed E-state index contributed by atoms with van der Waals surface area (Å²) < 4.78 is 0. The van der Waals surface area contributed by atoms with Crippen LogP contribution in [-0.2, 0) is 4.79 Å². The van der Waals surface area contributed by atoms with E-state index in [4.69, 9.17) is 15.9 Å². The molecule has 0 aliphatic heterocycles. The molecule has 0 radical (unpaired) electrons. The highest BCUT2D eigenvalue weighted by atomic mass is 16.4. The zero-order valence-corrected chi connectivity index (χ0v) is 5.53. The second kappa shape index (κ2) is 4.03. The predicted molar refractivity (Wildman–Crippen MR) is 36.4 cm³/mol. The molecule has 0 aromatic heterocycles. The molecule has 0 saturated heterocycles. The van der Waals surface area contributed by atoms with Crippen molar-refractivity contribution < 1.29 is 15.0 Å². The van der Waals surface area contributed by atoms with Crippen LogP contribution in [0.1, 0.15) is 6.42 Å². The van der Waals surface area contributed by atoms with E-state index >= 15 is 0 Å². The molecule has 0 bridgehead atoms. The Labute approximate surface area is 59.0 Å². The van der Waals surface area contributed by atoms with E-state index in [2.05, 4.69) is 6.58 Å². The molecule has 0 aromatic carbocycles. The van der Waals surface area contributed by atoms with E-state index < -0.39 is 18.1 Å². The summed E-state index contributed by atoms with van der Waals surface area (Å²) in [5.74, 6) is -1.30. The van der Waals surface area contributed by atoms with Gasteiger partial charge in [-0.1, -0.05) is 6.08 Å². The van der Waals surface area contributed by atoms with E-state index in [1.807, 2.05) is 0 Å². The minimum Gasteiger partial charge on any atom is -0.479 e. The maximum Gasteiger partial charge on any atom is 0.334 e. The van der Waals surface area contributed by atoms with Crippen LogP contribution in [-0.4, -0.2) is 28.3 Å². The molecule has 0 amide bonds. The molecular weight excluding hydrogens is 134 g/mol. The van der Waals surface area contributed by atoms with Crippen molar-refractivity contribution in [2.75, 3.05) is 0 Å². The van der Waals surface area contributed by atoms with Crippen molar-refractivity contribution in [2.45, 2.75) is 18.6 Å².